The Bertz CT molecular complexity index is 665. The molecular formula is C15H22N6O2S. The number of nitrogens with zero attached hydrogens (tertiary/aromatic N) is 4. The average Bonchev–Trinajstić information content (AvgIpc) is 3.27. The zero-order valence-corrected chi connectivity index (χ0v) is 14.6. The number of aromatic nitrogens is 5. The molecule has 2 aromatic heterocycles. The molecule has 0 spiro atoms. The van der Waals surface area contributed by atoms with Crippen molar-refractivity contribution in [2.24, 2.45) is 11.8 Å². The number of rotatable bonds is 7. The Morgan fingerprint density at radius 1 is 1.50 bits per heavy atom. The highest BCUT2D eigenvalue weighted by atomic mass is 32.1. The van der Waals surface area contributed by atoms with Crippen molar-refractivity contribution in [2.75, 3.05) is 13.1 Å². The molecule has 0 saturated carbocycles. The molecule has 0 aliphatic carbocycles. The molecule has 8 nitrogen and oxygen atoms in total. The van der Waals surface area contributed by atoms with Gasteiger partial charge in [-0.2, -0.15) is 5.21 Å². The van der Waals surface area contributed by atoms with Crippen LogP contribution < -0.4 is 5.32 Å². The van der Waals surface area contributed by atoms with Gasteiger partial charge in [0.1, 0.15) is 0 Å². The van der Waals surface area contributed by atoms with Crippen LogP contribution in [0, 0.1) is 11.8 Å². The fourth-order valence-electron chi connectivity index (χ4n) is 3.32. The Morgan fingerprint density at radius 3 is 2.92 bits per heavy atom. The number of carbonyl (C=O) groups is 1. The van der Waals surface area contributed by atoms with Gasteiger partial charge in [0.15, 0.2) is 5.82 Å². The van der Waals surface area contributed by atoms with Crippen LogP contribution in [-0.2, 0) is 11.2 Å². The predicted molar refractivity (Wildman–Crippen MR) is 88.9 cm³/mol. The molecule has 3 N–H and O–H groups in total. The average molecular weight is 350 g/mol. The first kappa shape index (κ1) is 17.0. The number of carboxylic acids is 1. The fourth-order valence-corrected chi connectivity index (χ4v) is 4.29. The van der Waals surface area contributed by atoms with Gasteiger partial charge >= 0.3 is 5.97 Å². The monoisotopic (exact) mass is 350 g/mol. The third-order valence-electron chi connectivity index (χ3n) is 4.54. The summed E-state index contributed by atoms with van der Waals surface area (Å²) in [7, 11) is 0. The maximum Gasteiger partial charge on any atom is 0.307 e. The van der Waals surface area contributed by atoms with Crippen LogP contribution in [-0.4, -0.2) is 49.8 Å². The number of nitrogens with one attached hydrogen (secondary N) is 2. The standard InChI is InChI=1S/C15H22N6O2S/c1-8(2)12(15(22)23)11(13-18-20-21-19-13)5-10-7-24-14(17-10)9-3-4-16-6-9/h7-9,11-12,16H,3-6H2,1-2H3,(H,22,23)(H,18,19,20,21). The van der Waals surface area contributed by atoms with E-state index in [1.54, 1.807) is 11.3 Å². The number of aliphatic carboxylic acids is 1. The second-order valence-electron chi connectivity index (χ2n) is 6.56. The van der Waals surface area contributed by atoms with Crippen molar-refractivity contribution in [3.05, 3.63) is 21.9 Å². The van der Waals surface area contributed by atoms with Crippen molar-refractivity contribution >= 4 is 17.3 Å². The highest BCUT2D eigenvalue weighted by Crippen LogP contribution is 2.33. The zero-order valence-electron chi connectivity index (χ0n) is 13.8. The molecule has 2 aromatic rings. The molecular weight excluding hydrogens is 328 g/mol. The topological polar surface area (TPSA) is 117 Å². The van der Waals surface area contributed by atoms with Crippen molar-refractivity contribution < 1.29 is 9.90 Å². The third kappa shape index (κ3) is 3.62. The summed E-state index contributed by atoms with van der Waals surface area (Å²) in [5.41, 5.74) is 0.906. The van der Waals surface area contributed by atoms with E-state index in [9.17, 15) is 9.90 Å². The van der Waals surface area contributed by atoms with Crippen LogP contribution in [0.3, 0.4) is 0 Å². The van der Waals surface area contributed by atoms with Crippen molar-refractivity contribution in [1.29, 1.82) is 0 Å². The van der Waals surface area contributed by atoms with Crippen molar-refractivity contribution in [3.8, 4) is 0 Å². The van der Waals surface area contributed by atoms with E-state index in [1.165, 1.54) is 0 Å². The highest BCUT2D eigenvalue weighted by Gasteiger charge is 2.35. The number of hydrogen-bond donors (Lipinski definition) is 3. The normalized spacial score (nSPS) is 20.4. The molecule has 24 heavy (non-hydrogen) atoms. The van der Waals surface area contributed by atoms with Crippen LogP contribution in [0.5, 0.6) is 0 Å². The third-order valence-corrected chi connectivity index (χ3v) is 5.59. The SMILES string of the molecule is CC(C)C(C(=O)O)C(Cc1csc(C2CCNC2)n1)c1nn[nH]n1. The Kier molecular flexibility index (Phi) is 5.20. The lowest BCUT2D eigenvalue weighted by atomic mass is 9.80. The summed E-state index contributed by atoms with van der Waals surface area (Å²) in [6.45, 7) is 5.80. The van der Waals surface area contributed by atoms with Crippen LogP contribution >= 0.6 is 11.3 Å². The predicted octanol–water partition coefficient (Wildman–Crippen LogP) is 1.42. The summed E-state index contributed by atoms with van der Waals surface area (Å²) in [4.78, 5) is 16.5. The van der Waals surface area contributed by atoms with Gasteiger partial charge in [-0.1, -0.05) is 19.1 Å². The van der Waals surface area contributed by atoms with Crippen molar-refractivity contribution in [1.82, 2.24) is 30.9 Å². The Balaban J connectivity index is 1.82. The van der Waals surface area contributed by atoms with E-state index in [2.05, 4.69) is 25.9 Å². The summed E-state index contributed by atoms with van der Waals surface area (Å²) in [5.74, 6) is -0.905. The highest BCUT2D eigenvalue weighted by molar-refractivity contribution is 7.09. The number of tetrazole rings is 1. The number of carboxylic acid groups (broad SMARTS) is 1. The Morgan fingerprint density at radius 2 is 2.33 bits per heavy atom. The van der Waals surface area contributed by atoms with Crippen LogP contribution in [0.25, 0.3) is 0 Å². The molecule has 0 radical (unpaired) electrons. The maximum absolute atomic E-state index is 11.8. The first-order valence-corrected chi connectivity index (χ1v) is 9.05. The second-order valence-corrected chi connectivity index (χ2v) is 7.45. The molecule has 3 heterocycles. The molecule has 1 fully saturated rings. The number of aromatic amines is 1. The summed E-state index contributed by atoms with van der Waals surface area (Å²) in [6.07, 6.45) is 1.61. The summed E-state index contributed by atoms with van der Waals surface area (Å²) < 4.78 is 0. The van der Waals surface area contributed by atoms with Gasteiger partial charge in [-0.05, 0) is 18.9 Å². The van der Waals surface area contributed by atoms with Gasteiger partial charge in [0.2, 0.25) is 0 Å². The Hall–Kier alpha value is -1.87. The number of H-pyrrole nitrogens is 1. The van der Waals surface area contributed by atoms with E-state index in [0.717, 1.165) is 30.2 Å². The number of hydrogen-bond acceptors (Lipinski definition) is 7. The molecule has 0 bridgehead atoms. The van der Waals surface area contributed by atoms with E-state index in [-0.39, 0.29) is 11.8 Å². The quantitative estimate of drug-likeness (QED) is 0.691. The summed E-state index contributed by atoms with van der Waals surface area (Å²) in [5, 5.41) is 30.3. The van der Waals surface area contributed by atoms with E-state index >= 15 is 0 Å². The van der Waals surface area contributed by atoms with Gasteiger partial charge in [-0.25, -0.2) is 4.98 Å². The minimum atomic E-state index is -0.838. The molecule has 9 heteroatoms. The lowest BCUT2D eigenvalue weighted by Crippen LogP contribution is -2.29. The van der Waals surface area contributed by atoms with Gasteiger partial charge in [0, 0.05) is 30.2 Å². The molecule has 1 aliphatic heterocycles. The van der Waals surface area contributed by atoms with Gasteiger partial charge in [-0.15, -0.1) is 21.5 Å². The summed E-state index contributed by atoms with van der Waals surface area (Å²) >= 11 is 1.65. The first-order valence-electron chi connectivity index (χ1n) is 8.17. The zero-order chi connectivity index (χ0) is 17.1. The molecule has 1 aliphatic rings. The lowest BCUT2D eigenvalue weighted by Gasteiger charge is -2.23. The summed E-state index contributed by atoms with van der Waals surface area (Å²) in [6, 6.07) is 0. The molecule has 1 saturated heterocycles. The second kappa shape index (κ2) is 7.35. The number of thiazole rings is 1. The van der Waals surface area contributed by atoms with Crippen LogP contribution in [0.4, 0.5) is 0 Å². The van der Waals surface area contributed by atoms with Gasteiger partial charge in [-0.3, -0.25) is 4.79 Å². The Labute approximate surface area is 144 Å². The van der Waals surface area contributed by atoms with Crippen molar-refractivity contribution in [2.45, 2.75) is 38.5 Å². The van der Waals surface area contributed by atoms with E-state index < -0.39 is 11.9 Å². The fraction of sp³-hybridized carbons (Fsp3) is 0.667. The van der Waals surface area contributed by atoms with Gasteiger partial charge in [0.05, 0.1) is 16.6 Å². The van der Waals surface area contributed by atoms with E-state index in [0.29, 0.717) is 18.2 Å². The first-order chi connectivity index (χ1) is 11.6. The maximum atomic E-state index is 11.8. The van der Waals surface area contributed by atoms with E-state index in [1.807, 2.05) is 19.2 Å². The molecule has 3 rings (SSSR count). The molecule has 0 aromatic carbocycles. The molecule has 130 valence electrons. The van der Waals surface area contributed by atoms with E-state index in [4.69, 9.17) is 4.98 Å². The molecule has 0 amide bonds. The van der Waals surface area contributed by atoms with Gasteiger partial charge in [0.25, 0.3) is 0 Å². The minimum Gasteiger partial charge on any atom is -0.481 e. The largest absolute Gasteiger partial charge is 0.481 e. The van der Waals surface area contributed by atoms with Crippen molar-refractivity contribution in [3.63, 3.8) is 0 Å². The minimum absolute atomic E-state index is 0.0388. The van der Waals surface area contributed by atoms with Crippen LogP contribution in [0.2, 0.25) is 0 Å². The smallest absolute Gasteiger partial charge is 0.307 e. The van der Waals surface area contributed by atoms with Crippen LogP contribution in [0.1, 0.15) is 48.6 Å². The van der Waals surface area contributed by atoms with Gasteiger partial charge < -0.3 is 10.4 Å². The van der Waals surface area contributed by atoms with Crippen LogP contribution in [0.15, 0.2) is 5.38 Å². The molecule has 3 unspecified atom stereocenters. The molecule has 3 atom stereocenters. The lowest BCUT2D eigenvalue weighted by molar-refractivity contribution is -0.144.